The third-order valence-electron chi connectivity index (χ3n) is 7.81. The van der Waals surface area contributed by atoms with Gasteiger partial charge in [-0.2, -0.15) is 0 Å². The summed E-state index contributed by atoms with van der Waals surface area (Å²) in [5.41, 5.74) is 4.24. The molecule has 0 spiro atoms. The van der Waals surface area contributed by atoms with Gasteiger partial charge in [-0.25, -0.2) is 14.4 Å². The van der Waals surface area contributed by atoms with Gasteiger partial charge in [-0.15, -0.1) is 0 Å². The van der Waals surface area contributed by atoms with Crippen molar-refractivity contribution in [3.63, 3.8) is 0 Å². The minimum absolute atomic E-state index is 0.0178. The molecule has 1 aliphatic carbocycles. The molecular weight excluding hydrogens is 598 g/mol. The summed E-state index contributed by atoms with van der Waals surface area (Å²) in [6, 6.07) is 22.6. The Morgan fingerprint density at radius 1 is 0.830 bits per heavy atom. The molecule has 0 heterocycles. The molecule has 1 saturated carbocycles. The van der Waals surface area contributed by atoms with Gasteiger partial charge in [0.25, 0.3) is 0 Å². The van der Waals surface area contributed by atoms with E-state index in [9.17, 15) is 19.2 Å². The van der Waals surface area contributed by atoms with Gasteiger partial charge in [-0.05, 0) is 94.2 Å². The number of hydrogen-bond acceptors (Lipinski definition) is 7. The molecule has 0 bridgehead atoms. The molecule has 10 nitrogen and oxygen atoms in total. The lowest BCUT2D eigenvalue weighted by molar-refractivity contribution is -0.121. The van der Waals surface area contributed by atoms with Crippen LogP contribution in [0, 0.1) is 0 Å². The van der Waals surface area contributed by atoms with Crippen LogP contribution in [0.3, 0.4) is 0 Å². The Morgan fingerprint density at radius 2 is 1.51 bits per heavy atom. The van der Waals surface area contributed by atoms with Crippen LogP contribution in [-0.2, 0) is 32.0 Å². The van der Waals surface area contributed by atoms with E-state index in [-0.39, 0.29) is 18.1 Å². The summed E-state index contributed by atoms with van der Waals surface area (Å²) >= 11 is 0. The first-order chi connectivity index (χ1) is 22.5. The largest absolute Gasteiger partial charge is 0.465 e. The van der Waals surface area contributed by atoms with Gasteiger partial charge in [0, 0.05) is 24.6 Å². The molecule has 0 atom stereocenters. The Morgan fingerprint density at radius 3 is 2.17 bits per heavy atom. The fourth-order valence-corrected chi connectivity index (χ4v) is 5.43. The maximum atomic E-state index is 13.1. The van der Waals surface area contributed by atoms with E-state index in [4.69, 9.17) is 14.2 Å². The van der Waals surface area contributed by atoms with Gasteiger partial charge < -0.3 is 24.8 Å². The Hall–Kier alpha value is -4.86. The number of amides is 3. The molecule has 250 valence electrons. The smallest absolute Gasteiger partial charge is 0.411 e. The molecular formula is C37H45N3O7. The normalized spacial score (nSPS) is 16.0. The molecule has 3 amide bonds. The summed E-state index contributed by atoms with van der Waals surface area (Å²) in [4.78, 5) is 49.3. The molecule has 4 rings (SSSR count). The summed E-state index contributed by atoms with van der Waals surface area (Å²) in [7, 11) is 1.34. The number of benzene rings is 3. The van der Waals surface area contributed by atoms with Crippen molar-refractivity contribution >= 4 is 29.8 Å². The van der Waals surface area contributed by atoms with Crippen molar-refractivity contribution in [3.8, 4) is 11.1 Å². The molecule has 1 fully saturated rings. The van der Waals surface area contributed by atoms with E-state index in [0.29, 0.717) is 62.7 Å². The van der Waals surface area contributed by atoms with E-state index in [1.54, 1.807) is 24.3 Å². The molecule has 1 aliphatic rings. The first kappa shape index (κ1) is 35.0. The van der Waals surface area contributed by atoms with E-state index in [1.807, 2.05) is 69.3 Å². The molecule has 3 N–H and O–H groups in total. The Bertz CT molecular complexity index is 1510. The van der Waals surface area contributed by atoms with Crippen molar-refractivity contribution in [2.75, 3.05) is 12.4 Å². The monoisotopic (exact) mass is 643 g/mol. The standard InChI is InChI=1S/C37H45N3O7/c1-37(2,3)47-36(44)39-29-18-20-30(21-19-29)46-35(43)40-32-23-25(15-22-31(32)27-10-6-5-7-11-27)9-8-12-33(41)38-24-26-13-16-28(17-14-26)34(42)45-4/h5-7,10-11,13-17,22-23,29-30H,8-9,12,18-21,24H2,1-4H3,(H,38,41)(H,39,44)(H,40,43). The van der Waals surface area contributed by atoms with Crippen LogP contribution in [0.2, 0.25) is 0 Å². The van der Waals surface area contributed by atoms with Gasteiger partial charge in [0.15, 0.2) is 0 Å². The average Bonchev–Trinajstić information content (AvgIpc) is 3.04. The zero-order valence-corrected chi connectivity index (χ0v) is 27.6. The van der Waals surface area contributed by atoms with Crippen molar-refractivity contribution in [1.82, 2.24) is 10.6 Å². The highest BCUT2D eigenvalue weighted by Crippen LogP contribution is 2.30. The summed E-state index contributed by atoms with van der Waals surface area (Å²) < 4.78 is 15.9. The minimum atomic E-state index is -0.559. The Balaban J connectivity index is 1.28. The van der Waals surface area contributed by atoms with E-state index in [1.165, 1.54) is 7.11 Å². The summed E-state index contributed by atoms with van der Waals surface area (Å²) in [5, 5.41) is 8.79. The number of alkyl carbamates (subject to hydrolysis) is 1. The predicted octanol–water partition coefficient (Wildman–Crippen LogP) is 7.16. The number of rotatable bonds is 11. The van der Waals surface area contributed by atoms with E-state index in [0.717, 1.165) is 22.3 Å². The average molecular weight is 644 g/mol. The number of carbonyl (C=O) groups is 4. The number of esters is 1. The molecule has 0 saturated heterocycles. The zero-order chi connectivity index (χ0) is 33.8. The van der Waals surface area contributed by atoms with E-state index >= 15 is 0 Å². The maximum absolute atomic E-state index is 13.1. The van der Waals surface area contributed by atoms with Gasteiger partial charge in [-0.3, -0.25) is 10.1 Å². The fraction of sp³-hybridized carbons (Fsp3) is 0.405. The van der Waals surface area contributed by atoms with Gasteiger partial charge in [-0.1, -0.05) is 54.6 Å². The van der Waals surface area contributed by atoms with Crippen LogP contribution < -0.4 is 16.0 Å². The number of hydrogen-bond donors (Lipinski definition) is 3. The summed E-state index contributed by atoms with van der Waals surface area (Å²) in [5.74, 6) is -0.470. The first-order valence-corrected chi connectivity index (χ1v) is 16.1. The van der Waals surface area contributed by atoms with Crippen LogP contribution in [0.1, 0.15) is 80.8 Å². The van der Waals surface area contributed by atoms with Gasteiger partial charge >= 0.3 is 18.2 Å². The highest BCUT2D eigenvalue weighted by Gasteiger charge is 2.27. The third kappa shape index (κ3) is 11.5. The molecule has 0 aromatic heterocycles. The Labute approximate surface area is 276 Å². The summed E-state index contributed by atoms with van der Waals surface area (Å²) in [6.07, 6.45) is 3.07. The maximum Gasteiger partial charge on any atom is 0.411 e. The first-order valence-electron chi connectivity index (χ1n) is 16.1. The second-order valence-corrected chi connectivity index (χ2v) is 12.7. The van der Waals surface area contributed by atoms with Crippen molar-refractivity contribution in [1.29, 1.82) is 0 Å². The van der Waals surface area contributed by atoms with Gasteiger partial charge in [0.05, 0.1) is 18.4 Å². The number of ether oxygens (including phenoxy) is 3. The topological polar surface area (TPSA) is 132 Å². The lowest BCUT2D eigenvalue weighted by Crippen LogP contribution is -2.42. The summed E-state index contributed by atoms with van der Waals surface area (Å²) in [6.45, 7) is 5.85. The molecule has 0 unspecified atom stereocenters. The third-order valence-corrected chi connectivity index (χ3v) is 7.81. The van der Waals surface area contributed by atoms with Crippen LogP contribution in [0.5, 0.6) is 0 Å². The number of nitrogens with one attached hydrogen (secondary N) is 3. The number of carbonyl (C=O) groups excluding carboxylic acids is 4. The van der Waals surface area contributed by atoms with Crippen molar-refractivity contribution in [2.45, 2.75) is 90.0 Å². The molecule has 47 heavy (non-hydrogen) atoms. The van der Waals surface area contributed by atoms with Crippen LogP contribution in [-0.4, -0.2) is 48.9 Å². The number of anilines is 1. The van der Waals surface area contributed by atoms with E-state index in [2.05, 4.69) is 16.0 Å². The lowest BCUT2D eigenvalue weighted by atomic mass is 9.93. The highest BCUT2D eigenvalue weighted by atomic mass is 16.6. The molecule has 0 aliphatic heterocycles. The van der Waals surface area contributed by atoms with Crippen LogP contribution in [0.4, 0.5) is 15.3 Å². The van der Waals surface area contributed by atoms with Crippen LogP contribution in [0.25, 0.3) is 11.1 Å². The minimum Gasteiger partial charge on any atom is -0.465 e. The zero-order valence-electron chi connectivity index (χ0n) is 27.6. The van der Waals surface area contributed by atoms with Crippen molar-refractivity contribution in [2.24, 2.45) is 0 Å². The second kappa shape index (κ2) is 16.6. The van der Waals surface area contributed by atoms with Crippen molar-refractivity contribution in [3.05, 3.63) is 89.5 Å². The van der Waals surface area contributed by atoms with Gasteiger partial charge in [0.1, 0.15) is 11.7 Å². The van der Waals surface area contributed by atoms with Crippen LogP contribution in [0.15, 0.2) is 72.8 Å². The predicted molar refractivity (Wildman–Crippen MR) is 180 cm³/mol. The fourth-order valence-electron chi connectivity index (χ4n) is 5.43. The highest BCUT2D eigenvalue weighted by molar-refractivity contribution is 5.92. The number of methoxy groups -OCH3 is 1. The molecule has 3 aromatic carbocycles. The Kier molecular flexibility index (Phi) is 12.4. The van der Waals surface area contributed by atoms with Gasteiger partial charge in [0.2, 0.25) is 5.91 Å². The molecule has 0 radical (unpaired) electrons. The second-order valence-electron chi connectivity index (χ2n) is 12.7. The lowest BCUT2D eigenvalue weighted by Gasteiger charge is -2.30. The van der Waals surface area contributed by atoms with E-state index < -0.39 is 23.8 Å². The van der Waals surface area contributed by atoms with Crippen LogP contribution >= 0.6 is 0 Å². The quantitative estimate of drug-likeness (QED) is 0.149. The SMILES string of the molecule is COC(=O)c1ccc(CNC(=O)CCCc2ccc(-c3ccccc3)c(NC(=O)OC3CCC(NC(=O)OC(C)(C)C)CC3)c2)cc1. The van der Waals surface area contributed by atoms with Crippen molar-refractivity contribution < 1.29 is 33.4 Å². The number of aryl methyl sites for hydroxylation is 1. The molecule has 3 aromatic rings. The molecule has 10 heteroatoms.